The molecule has 0 bridgehead atoms. The standard InChI is InChI=1S/C62H101NO6/c1-55(51-62(2,3)54-63(4)5)50-61(66)69-58(46-38-28-24-20-16-12-8-6-10-14-18-22-26-30-40-48-59(64)67-52-56-42-34-32-35-43-56)47-39-29-25-21-17-13-9-7-11-15-19-23-27-31-41-49-60(65)68-53-57-44-36-33-37-45-57/h6-7,10-11,32-37,42-45,55,58H,8-9,12-31,38-41,46-54H2,1-5H3/b10-6-,11-7-. The van der Waals surface area contributed by atoms with Crippen molar-refractivity contribution in [1.29, 1.82) is 0 Å². The van der Waals surface area contributed by atoms with Crippen molar-refractivity contribution < 1.29 is 28.6 Å². The first-order valence-corrected chi connectivity index (χ1v) is 28.1. The van der Waals surface area contributed by atoms with Crippen LogP contribution in [0.1, 0.15) is 237 Å². The van der Waals surface area contributed by atoms with Gasteiger partial charge in [0.25, 0.3) is 0 Å². The highest BCUT2D eigenvalue weighted by atomic mass is 16.5. The first-order chi connectivity index (χ1) is 33.5. The van der Waals surface area contributed by atoms with Gasteiger partial charge >= 0.3 is 17.9 Å². The quantitative estimate of drug-likeness (QED) is 0.0283. The van der Waals surface area contributed by atoms with E-state index in [9.17, 15) is 14.4 Å². The lowest BCUT2D eigenvalue weighted by molar-refractivity contribution is -0.151. The van der Waals surface area contributed by atoms with Crippen LogP contribution in [-0.2, 0) is 41.8 Å². The third-order valence-electron chi connectivity index (χ3n) is 13.1. The SMILES string of the molecule is CC(CC(=O)OC(CCCCCCCC/C=C\CCCCCCCC(=O)OCc1ccccc1)CCCCCCCC/C=C\CCCCCCCC(=O)OCc1ccccc1)CC(C)(C)CN(C)C. The monoisotopic (exact) mass is 956 g/mol. The number of allylic oxidation sites excluding steroid dienone is 4. The number of unbranched alkanes of at least 4 members (excludes halogenated alkanes) is 22. The van der Waals surface area contributed by atoms with Crippen molar-refractivity contribution >= 4 is 17.9 Å². The van der Waals surface area contributed by atoms with Crippen molar-refractivity contribution in [3.05, 3.63) is 96.1 Å². The number of hydrogen-bond acceptors (Lipinski definition) is 7. The van der Waals surface area contributed by atoms with Crippen molar-refractivity contribution in [2.24, 2.45) is 11.3 Å². The molecule has 7 heteroatoms. The average Bonchev–Trinajstić information content (AvgIpc) is 3.31. The van der Waals surface area contributed by atoms with Crippen LogP contribution in [0.3, 0.4) is 0 Å². The molecule has 390 valence electrons. The Morgan fingerprint density at radius 2 is 0.841 bits per heavy atom. The van der Waals surface area contributed by atoms with Crippen LogP contribution in [0.25, 0.3) is 0 Å². The lowest BCUT2D eigenvalue weighted by Gasteiger charge is -2.31. The number of carbonyl (C=O) groups excluding carboxylic acids is 3. The van der Waals surface area contributed by atoms with Crippen LogP contribution in [0.4, 0.5) is 0 Å². The van der Waals surface area contributed by atoms with Crippen LogP contribution in [0.2, 0.25) is 0 Å². The first kappa shape index (κ1) is 61.4. The fourth-order valence-electron chi connectivity index (χ4n) is 9.62. The summed E-state index contributed by atoms with van der Waals surface area (Å²) in [5.74, 6) is 0.133. The van der Waals surface area contributed by atoms with Gasteiger partial charge in [0, 0.05) is 25.8 Å². The smallest absolute Gasteiger partial charge is 0.306 e. The van der Waals surface area contributed by atoms with E-state index in [2.05, 4.69) is 64.1 Å². The summed E-state index contributed by atoms with van der Waals surface area (Å²) in [5.41, 5.74) is 2.25. The second-order valence-corrected chi connectivity index (χ2v) is 21.3. The van der Waals surface area contributed by atoms with Crippen LogP contribution in [0.5, 0.6) is 0 Å². The van der Waals surface area contributed by atoms with Crippen LogP contribution < -0.4 is 0 Å². The lowest BCUT2D eigenvalue weighted by Crippen LogP contribution is -2.31. The minimum Gasteiger partial charge on any atom is -0.462 e. The molecule has 0 aliphatic heterocycles. The molecule has 7 nitrogen and oxygen atoms in total. The van der Waals surface area contributed by atoms with Crippen LogP contribution in [0, 0.1) is 11.3 Å². The summed E-state index contributed by atoms with van der Waals surface area (Å²) < 4.78 is 17.0. The Morgan fingerprint density at radius 1 is 0.493 bits per heavy atom. The van der Waals surface area contributed by atoms with E-state index in [1.807, 2.05) is 60.7 Å². The molecule has 69 heavy (non-hydrogen) atoms. The highest BCUT2D eigenvalue weighted by Crippen LogP contribution is 2.28. The molecule has 0 aliphatic carbocycles. The summed E-state index contributed by atoms with van der Waals surface area (Å²) >= 11 is 0. The molecule has 2 aromatic rings. The molecule has 0 amide bonds. The second-order valence-electron chi connectivity index (χ2n) is 21.3. The largest absolute Gasteiger partial charge is 0.462 e. The normalized spacial score (nSPS) is 12.4. The van der Waals surface area contributed by atoms with E-state index >= 15 is 0 Å². The number of benzene rings is 2. The maximum atomic E-state index is 13.2. The number of carbonyl (C=O) groups is 3. The Hall–Kier alpha value is -3.71. The summed E-state index contributed by atoms with van der Waals surface area (Å²) in [5, 5.41) is 0. The van der Waals surface area contributed by atoms with Crippen LogP contribution >= 0.6 is 0 Å². The van der Waals surface area contributed by atoms with Crippen molar-refractivity contribution in [2.45, 2.75) is 246 Å². The van der Waals surface area contributed by atoms with E-state index in [-0.39, 0.29) is 29.4 Å². The van der Waals surface area contributed by atoms with Gasteiger partial charge in [-0.1, -0.05) is 196 Å². The van der Waals surface area contributed by atoms with Gasteiger partial charge in [-0.15, -0.1) is 0 Å². The van der Waals surface area contributed by atoms with E-state index in [4.69, 9.17) is 14.2 Å². The fourth-order valence-corrected chi connectivity index (χ4v) is 9.62. The van der Waals surface area contributed by atoms with Crippen molar-refractivity contribution in [3.8, 4) is 0 Å². The zero-order chi connectivity index (χ0) is 49.9. The van der Waals surface area contributed by atoms with Gasteiger partial charge in [0.1, 0.15) is 19.3 Å². The van der Waals surface area contributed by atoms with Crippen molar-refractivity contribution in [3.63, 3.8) is 0 Å². The minimum atomic E-state index is -0.0896. The second kappa shape index (κ2) is 42.0. The van der Waals surface area contributed by atoms with Gasteiger partial charge in [0.05, 0.1) is 0 Å². The Balaban J connectivity index is 1.50. The molecule has 0 N–H and O–H groups in total. The summed E-state index contributed by atoms with van der Waals surface area (Å²) in [7, 11) is 4.25. The number of esters is 3. The maximum absolute atomic E-state index is 13.2. The molecule has 0 saturated heterocycles. The molecule has 1 unspecified atom stereocenters. The Morgan fingerprint density at radius 3 is 1.22 bits per heavy atom. The van der Waals surface area contributed by atoms with E-state index in [0.717, 1.165) is 88.3 Å². The Labute approximate surface area is 423 Å². The molecule has 0 aromatic heterocycles. The van der Waals surface area contributed by atoms with Gasteiger partial charge in [-0.2, -0.15) is 0 Å². The van der Waals surface area contributed by atoms with E-state index in [1.54, 1.807) is 0 Å². The van der Waals surface area contributed by atoms with Gasteiger partial charge < -0.3 is 19.1 Å². The zero-order valence-corrected chi connectivity index (χ0v) is 44.9. The molecular formula is C62H101NO6. The molecule has 0 heterocycles. The van der Waals surface area contributed by atoms with Gasteiger partial charge in [0.2, 0.25) is 0 Å². The Bertz CT molecular complexity index is 1490. The third-order valence-corrected chi connectivity index (χ3v) is 13.1. The first-order valence-electron chi connectivity index (χ1n) is 28.1. The predicted molar refractivity (Wildman–Crippen MR) is 290 cm³/mol. The molecule has 2 aromatic carbocycles. The zero-order valence-electron chi connectivity index (χ0n) is 44.9. The summed E-state index contributed by atoms with van der Waals surface area (Å²) in [6, 6.07) is 19.7. The van der Waals surface area contributed by atoms with Crippen molar-refractivity contribution in [2.75, 3.05) is 20.6 Å². The van der Waals surface area contributed by atoms with Crippen molar-refractivity contribution in [1.82, 2.24) is 4.90 Å². The van der Waals surface area contributed by atoms with Gasteiger partial charge in [-0.25, -0.2) is 0 Å². The summed E-state index contributed by atoms with van der Waals surface area (Å²) in [6.07, 6.45) is 44.9. The molecule has 2 rings (SSSR count). The van der Waals surface area contributed by atoms with E-state index in [0.29, 0.717) is 38.4 Å². The summed E-state index contributed by atoms with van der Waals surface area (Å²) in [6.45, 7) is 8.58. The molecule has 0 aliphatic rings. The topological polar surface area (TPSA) is 82.1 Å². The van der Waals surface area contributed by atoms with Crippen LogP contribution in [0.15, 0.2) is 85.0 Å². The Kier molecular flexibility index (Phi) is 37.4. The molecule has 0 spiro atoms. The van der Waals surface area contributed by atoms with E-state index in [1.165, 1.54) is 116 Å². The molecular weight excluding hydrogens is 855 g/mol. The minimum absolute atomic E-state index is 0.00263. The molecule has 0 fully saturated rings. The highest BCUT2D eigenvalue weighted by Gasteiger charge is 2.25. The van der Waals surface area contributed by atoms with Gasteiger partial charge in [-0.3, -0.25) is 14.4 Å². The number of hydrogen-bond donors (Lipinski definition) is 0. The number of ether oxygens (including phenoxy) is 3. The molecule has 1 atom stereocenters. The van der Waals surface area contributed by atoms with E-state index < -0.39 is 0 Å². The summed E-state index contributed by atoms with van der Waals surface area (Å²) in [4.78, 5) is 39.4. The molecule has 0 saturated carbocycles. The third kappa shape index (κ3) is 38.7. The number of rotatable bonds is 45. The molecule has 0 radical (unpaired) electrons. The van der Waals surface area contributed by atoms with Crippen LogP contribution in [-0.4, -0.2) is 49.6 Å². The lowest BCUT2D eigenvalue weighted by atomic mass is 9.82. The van der Waals surface area contributed by atoms with Gasteiger partial charge in [0.15, 0.2) is 0 Å². The highest BCUT2D eigenvalue weighted by molar-refractivity contribution is 5.70. The number of nitrogens with zero attached hydrogens (tertiary/aromatic N) is 1. The van der Waals surface area contributed by atoms with Gasteiger partial charge in [-0.05, 0) is 133 Å². The maximum Gasteiger partial charge on any atom is 0.306 e. The predicted octanol–water partition coefficient (Wildman–Crippen LogP) is 17.2. The fraction of sp³-hybridized carbons (Fsp3) is 0.694. The average molecular weight is 956 g/mol.